The minimum atomic E-state index is -1.00. The van der Waals surface area contributed by atoms with Crippen LogP contribution in [0, 0.1) is 17.0 Å². The molecule has 3 N–H and O–H groups in total. The Morgan fingerprint density at radius 1 is 1.03 bits per heavy atom. The van der Waals surface area contributed by atoms with Crippen LogP contribution in [0.25, 0.3) is 11.1 Å². The second kappa shape index (κ2) is 7.88. The highest BCUT2D eigenvalue weighted by Crippen LogP contribution is 2.31. The minimum absolute atomic E-state index is 0.0192. The summed E-state index contributed by atoms with van der Waals surface area (Å²) < 4.78 is 27.4. The number of amides is 1. The van der Waals surface area contributed by atoms with Crippen LogP contribution in [0.4, 0.5) is 14.5 Å². The van der Waals surface area contributed by atoms with Gasteiger partial charge in [0.2, 0.25) is 0 Å². The maximum absolute atomic E-state index is 13.8. The molecule has 4 nitrogen and oxygen atoms in total. The average Bonchev–Trinajstić information content (AvgIpc) is 3.19. The fourth-order valence-corrected chi connectivity index (χ4v) is 3.88. The molecule has 30 heavy (non-hydrogen) atoms. The van der Waals surface area contributed by atoms with E-state index in [1.807, 2.05) is 24.3 Å². The molecular formula is C23H18ClF2N3O. The van der Waals surface area contributed by atoms with E-state index in [1.54, 1.807) is 23.1 Å². The first-order valence-electron chi connectivity index (χ1n) is 9.27. The third-order valence-electron chi connectivity index (χ3n) is 5.27. The summed E-state index contributed by atoms with van der Waals surface area (Å²) in [5.74, 6) is -2.45. The van der Waals surface area contributed by atoms with E-state index >= 15 is 0 Å². The number of carbonyl (C=O) groups is 1. The number of hydrogen-bond donors (Lipinski definition) is 2. The van der Waals surface area contributed by atoms with Gasteiger partial charge in [0.1, 0.15) is 5.71 Å². The first-order chi connectivity index (χ1) is 14.4. The zero-order chi connectivity index (χ0) is 21.4. The van der Waals surface area contributed by atoms with Crippen molar-refractivity contribution in [3.05, 3.63) is 88.5 Å². The van der Waals surface area contributed by atoms with E-state index < -0.39 is 17.5 Å². The third-order valence-corrected chi connectivity index (χ3v) is 5.55. The van der Waals surface area contributed by atoms with Gasteiger partial charge in [-0.05, 0) is 52.1 Å². The summed E-state index contributed by atoms with van der Waals surface area (Å²) in [7, 11) is 0. The second-order valence-corrected chi connectivity index (χ2v) is 7.43. The molecule has 1 aliphatic heterocycles. The Kier molecular flexibility index (Phi) is 5.26. The van der Waals surface area contributed by atoms with Gasteiger partial charge in [0.05, 0.1) is 0 Å². The van der Waals surface area contributed by atoms with E-state index in [4.69, 9.17) is 22.7 Å². The Morgan fingerprint density at radius 2 is 1.67 bits per heavy atom. The summed E-state index contributed by atoms with van der Waals surface area (Å²) in [6.45, 7) is 0.854. The number of benzene rings is 3. The van der Waals surface area contributed by atoms with E-state index in [9.17, 15) is 13.6 Å². The minimum Gasteiger partial charge on any atom is -0.398 e. The van der Waals surface area contributed by atoms with Crippen molar-refractivity contribution in [1.82, 2.24) is 4.90 Å². The average molecular weight is 426 g/mol. The van der Waals surface area contributed by atoms with Crippen molar-refractivity contribution in [2.75, 3.05) is 5.73 Å². The van der Waals surface area contributed by atoms with Crippen molar-refractivity contribution < 1.29 is 13.6 Å². The van der Waals surface area contributed by atoms with E-state index in [1.165, 1.54) is 0 Å². The number of anilines is 1. The molecule has 4 rings (SSSR count). The molecular weight excluding hydrogens is 408 g/mol. The number of fused-ring (bicyclic) bond motifs is 1. The Labute approximate surface area is 177 Å². The number of nitrogens with two attached hydrogens (primary N) is 1. The van der Waals surface area contributed by atoms with Crippen molar-refractivity contribution >= 4 is 28.9 Å². The number of hydrogen-bond acceptors (Lipinski definition) is 3. The van der Waals surface area contributed by atoms with Gasteiger partial charge < -0.3 is 10.6 Å². The number of carbonyl (C=O) groups excluding carboxylic acids is 1. The molecule has 3 aromatic carbocycles. The van der Waals surface area contributed by atoms with Crippen molar-refractivity contribution in [2.24, 2.45) is 0 Å². The Balaban J connectivity index is 1.67. The Hall–Kier alpha value is -3.25. The molecule has 1 heterocycles. The largest absolute Gasteiger partial charge is 0.398 e. The molecule has 1 aliphatic rings. The topological polar surface area (TPSA) is 70.2 Å². The number of nitrogens with one attached hydrogen (secondary N) is 1. The molecule has 0 fully saturated rings. The summed E-state index contributed by atoms with van der Waals surface area (Å²) >= 11 is 5.90. The van der Waals surface area contributed by atoms with Crippen LogP contribution in [0.15, 0.2) is 54.6 Å². The lowest BCUT2D eigenvalue weighted by Crippen LogP contribution is -2.32. The highest BCUT2D eigenvalue weighted by molar-refractivity contribution is 6.45. The SMILES string of the molecule is N=C(C(=O)N1Cc2ccccc2C1)c1cc(-c2cc(F)c(F)cc2CCl)ccc1N. The molecule has 0 spiro atoms. The van der Waals surface area contributed by atoms with Crippen LogP contribution in [0.3, 0.4) is 0 Å². The van der Waals surface area contributed by atoms with E-state index in [-0.39, 0.29) is 22.8 Å². The van der Waals surface area contributed by atoms with Gasteiger partial charge in [-0.2, -0.15) is 0 Å². The lowest BCUT2D eigenvalue weighted by molar-refractivity contribution is -0.124. The number of rotatable bonds is 4. The van der Waals surface area contributed by atoms with Gasteiger partial charge in [-0.25, -0.2) is 8.78 Å². The maximum Gasteiger partial charge on any atom is 0.273 e. The highest BCUT2D eigenvalue weighted by atomic mass is 35.5. The summed E-state index contributed by atoms with van der Waals surface area (Å²) in [5, 5.41) is 8.45. The van der Waals surface area contributed by atoms with Gasteiger partial charge in [0.15, 0.2) is 11.6 Å². The predicted octanol–water partition coefficient (Wildman–Crippen LogP) is 4.86. The first kappa shape index (κ1) is 20.0. The van der Waals surface area contributed by atoms with Gasteiger partial charge in [-0.3, -0.25) is 10.2 Å². The Morgan fingerprint density at radius 3 is 2.30 bits per heavy atom. The summed E-state index contributed by atoms with van der Waals surface area (Å²) in [5.41, 5.74) is 9.66. The lowest BCUT2D eigenvalue weighted by atomic mass is 9.96. The molecule has 0 unspecified atom stereocenters. The predicted molar refractivity (Wildman–Crippen MR) is 113 cm³/mol. The normalized spacial score (nSPS) is 12.7. The van der Waals surface area contributed by atoms with Crippen LogP contribution in [-0.2, 0) is 23.8 Å². The van der Waals surface area contributed by atoms with Crippen LogP contribution in [0.2, 0.25) is 0 Å². The Bertz CT molecular complexity index is 1150. The van der Waals surface area contributed by atoms with Crippen molar-refractivity contribution in [1.29, 1.82) is 5.41 Å². The van der Waals surface area contributed by atoms with Gasteiger partial charge in [-0.1, -0.05) is 30.3 Å². The first-order valence-corrected chi connectivity index (χ1v) is 9.81. The second-order valence-electron chi connectivity index (χ2n) is 7.16. The number of halogens is 3. The molecule has 0 saturated carbocycles. The van der Waals surface area contributed by atoms with Crippen LogP contribution in [-0.4, -0.2) is 16.5 Å². The van der Waals surface area contributed by atoms with Gasteiger partial charge in [0.25, 0.3) is 5.91 Å². The lowest BCUT2D eigenvalue weighted by Gasteiger charge is -2.18. The zero-order valence-corrected chi connectivity index (χ0v) is 16.6. The third kappa shape index (κ3) is 3.55. The molecule has 0 radical (unpaired) electrons. The fraction of sp³-hybridized carbons (Fsp3) is 0.130. The van der Waals surface area contributed by atoms with Crippen molar-refractivity contribution in [3.63, 3.8) is 0 Å². The molecule has 3 aromatic rings. The molecule has 7 heteroatoms. The molecule has 1 amide bonds. The quantitative estimate of drug-likeness (QED) is 0.356. The summed E-state index contributed by atoms with van der Waals surface area (Å²) in [4.78, 5) is 14.5. The van der Waals surface area contributed by atoms with Crippen LogP contribution in [0.1, 0.15) is 22.3 Å². The van der Waals surface area contributed by atoms with Gasteiger partial charge in [-0.15, -0.1) is 11.6 Å². The smallest absolute Gasteiger partial charge is 0.273 e. The molecule has 152 valence electrons. The van der Waals surface area contributed by atoms with Gasteiger partial charge >= 0.3 is 0 Å². The van der Waals surface area contributed by atoms with Gasteiger partial charge in [0, 0.05) is 30.2 Å². The molecule has 0 aromatic heterocycles. The summed E-state index contributed by atoms with van der Waals surface area (Å²) in [6.07, 6.45) is 0. The zero-order valence-electron chi connectivity index (χ0n) is 15.9. The number of nitrogen functional groups attached to an aromatic ring is 1. The van der Waals surface area contributed by atoms with E-state index in [2.05, 4.69) is 0 Å². The highest BCUT2D eigenvalue weighted by Gasteiger charge is 2.27. The van der Waals surface area contributed by atoms with Crippen LogP contribution in [0.5, 0.6) is 0 Å². The molecule has 0 saturated heterocycles. The van der Waals surface area contributed by atoms with Crippen LogP contribution >= 0.6 is 11.6 Å². The van der Waals surface area contributed by atoms with E-state index in [0.717, 1.165) is 23.3 Å². The van der Waals surface area contributed by atoms with E-state index in [0.29, 0.717) is 29.8 Å². The number of nitrogens with zero attached hydrogens (tertiary/aromatic N) is 1. The molecule has 0 atom stereocenters. The van der Waals surface area contributed by atoms with Crippen molar-refractivity contribution in [3.8, 4) is 11.1 Å². The molecule has 0 bridgehead atoms. The monoisotopic (exact) mass is 425 g/mol. The maximum atomic E-state index is 13.8. The number of alkyl halides is 1. The standard InChI is InChI=1S/C23H18ClF2N3O/c24-10-16-8-19(25)20(26)9-17(16)13-5-6-21(27)18(7-13)22(28)23(30)29-11-14-3-1-2-4-15(14)12-29/h1-9,28H,10-12,27H2. The molecule has 0 aliphatic carbocycles. The van der Waals surface area contributed by atoms with Crippen LogP contribution < -0.4 is 5.73 Å². The summed E-state index contributed by atoms with van der Waals surface area (Å²) in [6, 6.07) is 14.6. The van der Waals surface area contributed by atoms with Crippen molar-refractivity contribution in [2.45, 2.75) is 19.0 Å². The fourth-order valence-electron chi connectivity index (χ4n) is 3.66.